The first-order valence-electron chi connectivity index (χ1n) is 6.66. The van der Waals surface area contributed by atoms with Crippen molar-refractivity contribution in [3.05, 3.63) is 68.2 Å². The molecule has 0 aliphatic carbocycles. The summed E-state index contributed by atoms with van der Waals surface area (Å²) >= 11 is 5.97. The summed E-state index contributed by atoms with van der Waals surface area (Å²) in [4.78, 5) is 10.4. The lowest BCUT2D eigenvalue weighted by Gasteiger charge is -2.18. The molecule has 1 atom stereocenters. The smallest absolute Gasteiger partial charge is 0.288 e. The van der Waals surface area contributed by atoms with Gasteiger partial charge in [-0.3, -0.25) is 10.1 Å². The molecule has 0 saturated heterocycles. The van der Waals surface area contributed by atoms with Crippen molar-refractivity contribution in [2.75, 3.05) is 5.32 Å². The zero-order valence-electron chi connectivity index (χ0n) is 12.2. The predicted molar refractivity (Wildman–Crippen MR) is 86.1 cm³/mol. The second-order valence-electron chi connectivity index (χ2n) is 5.16. The number of anilines is 1. The monoisotopic (exact) mass is 304 g/mol. The molecule has 110 valence electrons. The lowest BCUT2D eigenvalue weighted by atomic mass is 10.0. The van der Waals surface area contributed by atoms with Crippen LogP contribution in [0, 0.1) is 24.0 Å². The van der Waals surface area contributed by atoms with Crippen LogP contribution < -0.4 is 5.32 Å². The van der Waals surface area contributed by atoms with E-state index in [1.807, 2.05) is 39.0 Å². The SMILES string of the molecule is Cc1cccc(C(C)Nc2cc(Cl)c([N+](=O)[O-])cc2C)c1. The van der Waals surface area contributed by atoms with Crippen molar-refractivity contribution in [2.24, 2.45) is 0 Å². The molecule has 0 amide bonds. The van der Waals surface area contributed by atoms with Crippen molar-refractivity contribution in [3.63, 3.8) is 0 Å². The van der Waals surface area contributed by atoms with Gasteiger partial charge in [0.15, 0.2) is 0 Å². The first-order chi connectivity index (χ1) is 9.88. The molecule has 1 N–H and O–H groups in total. The standard InChI is InChI=1S/C16H17ClN2O2/c1-10-5-4-6-13(7-10)12(3)18-15-9-14(17)16(19(20)21)8-11(15)2/h4-9,12,18H,1-3H3. The topological polar surface area (TPSA) is 55.2 Å². The van der Waals surface area contributed by atoms with Crippen LogP contribution >= 0.6 is 11.6 Å². The van der Waals surface area contributed by atoms with Gasteiger partial charge < -0.3 is 5.32 Å². The molecule has 0 spiro atoms. The molecular weight excluding hydrogens is 288 g/mol. The molecule has 0 aliphatic rings. The number of benzene rings is 2. The highest BCUT2D eigenvalue weighted by Crippen LogP contribution is 2.32. The average Bonchev–Trinajstić information content (AvgIpc) is 2.42. The van der Waals surface area contributed by atoms with E-state index in [1.54, 1.807) is 6.07 Å². The minimum absolute atomic E-state index is 0.0667. The summed E-state index contributed by atoms with van der Waals surface area (Å²) in [5.74, 6) is 0. The number of nitrogens with zero attached hydrogens (tertiary/aromatic N) is 1. The summed E-state index contributed by atoms with van der Waals surface area (Å²) in [5.41, 5.74) is 3.89. The fourth-order valence-electron chi connectivity index (χ4n) is 2.22. The number of nitro benzene ring substituents is 1. The van der Waals surface area contributed by atoms with Crippen molar-refractivity contribution in [2.45, 2.75) is 26.8 Å². The van der Waals surface area contributed by atoms with Crippen LogP contribution in [0.3, 0.4) is 0 Å². The van der Waals surface area contributed by atoms with Crippen LogP contribution in [0.15, 0.2) is 36.4 Å². The Morgan fingerprint density at radius 1 is 1.24 bits per heavy atom. The van der Waals surface area contributed by atoms with Gasteiger partial charge in [-0.2, -0.15) is 0 Å². The molecule has 0 saturated carbocycles. The molecule has 4 nitrogen and oxygen atoms in total. The maximum absolute atomic E-state index is 10.9. The molecule has 0 aromatic heterocycles. The molecule has 2 rings (SSSR count). The lowest BCUT2D eigenvalue weighted by Crippen LogP contribution is -2.08. The van der Waals surface area contributed by atoms with Crippen molar-refractivity contribution < 1.29 is 4.92 Å². The van der Waals surface area contributed by atoms with Crippen molar-refractivity contribution >= 4 is 23.0 Å². The van der Waals surface area contributed by atoms with Gasteiger partial charge in [0.2, 0.25) is 0 Å². The van der Waals surface area contributed by atoms with Crippen molar-refractivity contribution in [3.8, 4) is 0 Å². The highest BCUT2D eigenvalue weighted by atomic mass is 35.5. The third-order valence-electron chi connectivity index (χ3n) is 3.40. The van der Waals surface area contributed by atoms with Gasteiger partial charge in [0.1, 0.15) is 5.02 Å². The number of rotatable bonds is 4. The van der Waals surface area contributed by atoms with E-state index in [9.17, 15) is 10.1 Å². The van der Waals surface area contributed by atoms with Crippen LogP contribution in [0.2, 0.25) is 5.02 Å². The number of halogens is 1. The van der Waals surface area contributed by atoms with Crippen LogP contribution in [-0.4, -0.2) is 4.92 Å². The predicted octanol–water partition coefficient (Wildman–Crippen LogP) is 5.04. The molecule has 0 radical (unpaired) electrons. The molecule has 21 heavy (non-hydrogen) atoms. The summed E-state index contributed by atoms with van der Waals surface area (Å²) in [6.45, 7) is 5.92. The molecular formula is C16H17ClN2O2. The largest absolute Gasteiger partial charge is 0.378 e. The number of hydrogen-bond donors (Lipinski definition) is 1. The Hall–Kier alpha value is -2.07. The second kappa shape index (κ2) is 6.14. The minimum atomic E-state index is -0.469. The number of aryl methyl sites for hydroxylation is 2. The van der Waals surface area contributed by atoms with E-state index < -0.39 is 4.92 Å². The Balaban J connectivity index is 2.27. The molecule has 1 unspecified atom stereocenters. The van der Waals surface area contributed by atoms with E-state index in [4.69, 9.17) is 11.6 Å². The summed E-state index contributed by atoms with van der Waals surface area (Å²) in [6.07, 6.45) is 0. The Bertz CT molecular complexity index is 686. The molecule has 0 fully saturated rings. The summed E-state index contributed by atoms with van der Waals surface area (Å²) < 4.78 is 0. The first-order valence-corrected chi connectivity index (χ1v) is 7.04. The van der Waals surface area contributed by atoms with Crippen LogP contribution in [0.1, 0.15) is 29.7 Å². The molecule has 2 aromatic carbocycles. The van der Waals surface area contributed by atoms with E-state index in [-0.39, 0.29) is 16.8 Å². The zero-order chi connectivity index (χ0) is 15.6. The Labute approximate surface area is 128 Å². The summed E-state index contributed by atoms with van der Waals surface area (Å²) in [5, 5.41) is 14.4. The van der Waals surface area contributed by atoms with Gasteiger partial charge in [-0.25, -0.2) is 0 Å². The van der Waals surface area contributed by atoms with Gasteiger partial charge in [-0.05, 0) is 38.0 Å². The van der Waals surface area contributed by atoms with Gasteiger partial charge >= 0.3 is 0 Å². The van der Waals surface area contributed by atoms with Gasteiger partial charge in [-0.15, -0.1) is 0 Å². The van der Waals surface area contributed by atoms with Crippen LogP contribution in [0.5, 0.6) is 0 Å². The Morgan fingerprint density at radius 3 is 2.57 bits per heavy atom. The summed E-state index contributed by atoms with van der Waals surface area (Å²) in [7, 11) is 0. The highest BCUT2D eigenvalue weighted by Gasteiger charge is 2.16. The van der Waals surface area contributed by atoms with Gasteiger partial charge in [-0.1, -0.05) is 41.4 Å². The number of nitrogens with one attached hydrogen (secondary N) is 1. The van der Waals surface area contributed by atoms with Crippen LogP contribution in [-0.2, 0) is 0 Å². The van der Waals surface area contributed by atoms with Crippen molar-refractivity contribution in [1.82, 2.24) is 0 Å². The minimum Gasteiger partial charge on any atom is -0.378 e. The van der Waals surface area contributed by atoms with Gasteiger partial charge in [0, 0.05) is 17.8 Å². The quantitative estimate of drug-likeness (QED) is 0.636. The van der Waals surface area contributed by atoms with E-state index in [2.05, 4.69) is 11.4 Å². The maximum Gasteiger partial charge on any atom is 0.288 e. The fraction of sp³-hybridized carbons (Fsp3) is 0.250. The van der Waals surface area contributed by atoms with E-state index >= 15 is 0 Å². The molecule has 0 bridgehead atoms. The molecule has 0 aliphatic heterocycles. The Morgan fingerprint density at radius 2 is 1.95 bits per heavy atom. The third-order valence-corrected chi connectivity index (χ3v) is 3.71. The molecule has 0 heterocycles. The van der Waals surface area contributed by atoms with E-state index in [1.165, 1.54) is 11.6 Å². The van der Waals surface area contributed by atoms with Crippen molar-refractivity contribution in [1.29, 1.82) is 0 Å². The van der Waals surface area contributed by atoms with E-state index in [0.717, 1.165) is 16.8 Å². The van der Waals surface area contributed by atoms with Crippen LogP contribution in [0.4, 0.5) is 11.4 Å². The van der Waals surface area contributed by atoms with Gasteiger partial charge in [0.25, 0.3) is 5.69 Å². The fourth-order valence-corrected chi connectivity index (χ4v) is 2.45. The number of nitro groups is 1. The van der Waals surface area contributed by atoms with Gasteiger partial charge in [0.05, 0.1) is 4.92 Å². The summed E-state index contributed by atoms with van der Waals surface area (Å²) in [6, 6.07) is 11.4. The van der Waals surface area contributed by atoms with Crippen LogP contribution in [0.25, 0.3) is 0 Å². The number of hydrogen-bond acceptors (Lipinski definition) is 3. The normalized spacial score (nSPS) is 12.0. The second-order valence-corrected chi connectivity index (χ2v) is 5.56. The molecule has 5 heteroatoms. The zero-order valence-corrected chi connectivity index (χ0v) is 12.9. The lowest BCUT2D eigenvalue weighted by molar-refractivity contribution is -0.384. The average molecular weight is 305 g/mol. The Kier molecular flexibility index (Phi) is 4.48. The highest BCUT2D eigenvalue weighted by molar-refractivity contribution is 6.33. The third kappa shape index (κ3) is 3.52. The van der Waals surface area contributed by atoms with E-state index in [0.29, 0.717) is 0 Å². The molecule has 2 aromatic rings. The first kappa shape index (κ1) is 15.3. The maximum atomic E-state index is 10.9.